The monoisotopic (exact) mass is 271 g/mol. The van der Waals surface area contributed by atoms with Gasteiger partial charge in [0, 0.05) is 11.1 Å². The van der Waals surface area contributed by atoms with Crippen LogP contribution in [0.5, 0.6) is 0 Å². The summed E-state index contributed by atoms with van der Waals surface area (Å²) in [5.41, 5.74) is 2.74. The Morgan fingerprint density at radius 2 is 2.53 bits per heavy atom. The molecule has 0 aromatic carbocycles. The number of hydrogen-bond donors (Lipinski definition) is 0. The molecular formula is C8H9N5O2S2. The number of carbonyl (C=O) groups excluding carboxylic acids is 1. The van der Waals surface area contributed by atoms with Crippen LogP contribution in [0.15, 0.2) is 16.0 Å². The molecule has 2 rings (SSSR count). The lowest BCUT2D eigenvalue weighted by atomic mass is 10.6. The number of thiazole rings is 1. The van der Waals surface area contributed by atoms with Gasteiger partial charge in [0.15, 0.2) is 0 Å². The molecule has 0 unspecified atom stereocenters. The van der Waals surface area contributed by atoms with Crippen LogP contribution in [-0.2, 0) is 21.8 Å². The highest BCUT2D eigenvalue weighted by atomic mass is 32.2. The second kappa shape index (κ2) is 5.73. The number of rotatable bonds is 5. The lowest BCUT2D eigenvalue weighted by molar-refractivity contribution is -0.141. The van der Waals surface area contributed by atoms with E-state index < -0.39 is 0 Å². The number of hydrogen-bond acceptors (Lipinski definition) is 8. The quantitative estimate of drug-likeness (QED) is 0.581. The summed E-state index contributed by atoms with van der Waals surface area (Å²) in [7, 11) is 1.33. The third-order valence-corrected chi connectivity index (χ3v) is 3.46. The van der Waals surface area contributed by atoms with Crippen LogP contribution in [0.1, 0.15) is 5.69 Å². The van der Waals surface area contributed by atoms with E-state index in [2.05, 4.69) is 25.2 Å². The first-order chi connectivity index (χ1) is 8.29. The van der Waals surface area contributed by atoms with Crippen LogP contribution in [0, 0.1) is 0 Å². The molecule has 0 bridgehead atoms. The molecule has 0 aliphatic rings. The summed E-state index contributed by atoms with van der Waals surface area (Å²) in [6, 6.07) is 0. The molecule has 2 aromatic heterocycles. The Kier molecular flexibility index (Phi) is 4.04. The predicted molar refractivity (Wildman–Crippen MR) is 61.5 cm³/mol. The molecule has 2 heterocycles. The van der Waals surface area contributed by atoms with Crippen LogP contribution in [0.2, 0.25) is 0 Å². The summed E-state index contributed by atoms with van der Waals surface area (Å²) in [5.74, 6) is 0.290. The topological polar surface area (TPSA) is 82.8 Å². The fourth-order valence-corrected chi connectivity index (χ4v) is 2.48. The minimum Gasteiger partial charge on any atom is -0.468 e. The molecule has 90 valence electrons. The highest BCUT2D eigenvalue weighted by Crippen LogP contribution is 2.19. The van der Waals surface area contributed by atoms with Gasteiger partial charge in [-0.3, -0.25) is 4.79 Å². The number of nitrogens with zero attached hydrogens (tertiary/aromatic N) is 5. The maximum Gasteiger partial charge on any atom is 0.327 e. The van der Waals surface area contributed by atoms with Crippen molar-refractivity contribution in [2.24, 2.45) is 0 Å². The highest BCUT2D eigenvalue weighted by Gasteiger charge is 2.11. The normalized spacial score (nSPS) is 10.4. The minimum absolute atomic E-state index is 0.0168. The number of aromatic nitrogens is 5. The average molecular weight is 271 g/mol. The van der Waals surface area contributed by atoms with E-state index in [4.69, 9.17) is 0 Å². The summed E-state index contributed by atoms with van der Waals surface area (Å²) in [6.45, 7) is 0.0168. The molecule has 2 aromatic rings. The molecule has 0 saturated carbocycles. The average Bonchev–Trinajstić information content (AvgIpc) is 2.97. The molecule has 17 heavy (non-hydrogen) atoms. The van der Waals surface area contributed by atoms with Gasteiger partial charge in [-0.1, -0.05) is 11.8 Å². The van der Waals surface area contributed by atoms with Crippen molar-refractivity contribution in [1.82, 2.24) is 25.2 Å². The van der Waals surface area contributed by atoms with Crippen molar-refractivity contribution < 1.29 is 9.53 Å². The third-order valence-electron chi connectivity index (χ3n) is 1.84. The van der Waals surface area contributed by atoms with Gasteiger partial charge in [-0.25, -0.2) is 9.67 Å². The van der Waals surface area contributed by atoms with Gasteiger partial charge in [-0.2, -0.15) is 0 Å². The standard InChI is InChI=1S/C8H9N5O2S2/c1-15-7(14)2-13-8(10-11-12-13)17-4-6-3-16-5-9-6/h3,5H,2,4H2,1H3. The van der Waals surface area contributed by atoms with Gasteiger partial charge in [0.1, 0.15) is 6.54 Å². The van der Waals surface area contributed by atoms with E-state index in [0.717, 1.165) is 5.69 Å². The summed E-state index contributed by atoms with van der Waals surface area (Å²) < 4.78 is 5.96. The second-order valence-corrected chi connectivity index (χ2v) is 4.62. The van der Waals surface area contributed by atoms with Gasteiger partial charge in [-0.15, -0.1) is 16.4 Å². The Morgan fingerprint density at radius 1 is 1.65 bits per heavy atom. The number of ether oxygens (including phenoxy) is 1. The van der Waals surface area contributed by atoms with Crippen LogP contribution in [0.3, 0.4) is 0 Å². The zero-order valence-corrected chi connectivity index (χ0v) is 10.6. The molecule has 0 spiro atoms. The van der Waals surface area contributed by atoms with Crippen LogP contribution >= 0.6 is 23.1 Å². The molecule has 0 aliphatic heterocycles. The van der Waals surface area contributed by atoms with E-state index in [-0.39, 0.29) is 12.5 Å². The number of tetrazole rings is 1. The maximum atomic E-state index is 11.1. The maximum absolute atomic E-state index is 11.1. The fraction of sp³-hybridized carbons (Fsp3) is 0.375. The van der Waals surface area contributed by atoms with Crippen molar-refractivity contribution in [2.45, 2.75) is 17.5 Å². The van der Waals surface area contributed by atoms with Crippen molar-refractivity contribution in [3.05, 3.63) is 16.6 Å². The molecule has 7 nitrogen and oxygen atoms in total. The van der Waals surface area contributed by atoms with Crippen LogP contribution in [0.25, 0.3) is 0 Å². The Morgan fingerprint density at radius 3 is 3.24 bits per heavy atom. The van der Waals surface area contributed by atoms with E-state index in [1.54, 1.807) is 5.51 Å². The van der Waals surface area contributed by atoms with Gasteiger partial charge in [0.2, 0.25) is 5.16 Å². The Labute approximate surface area is 105 Å². The Bertz CT molecular complexity index is 484. The number of carbonyl (C=O) groups is 1. The molecule has 0 saturated heterocycles. The fourth-order valence-electron chi connectivity index (χ4n) is 1.03. The molecule has 0 N–H and O–H groups in total. The first-order valence-corrected chi connectivity index (χ1v) is 6.55. The first kappa shape index (κ1) is 12.0. The van der Waals surface area contributed by atoms with E-state index in [1.165, 1.54) is 34.9 Å². The predicted octanol–water partition coefficient (Wildman–Crippen LogP) is 0.595. The van der Waals surface area contributed by atoms with E-state index in [9.17, 15) is 4.79 Å². The molecule has 0 radical (unpaired) electrons. The SMILES string of the molecule is COC(=O)Cn1nnnc1SCc1cscn1. The van der Waals surface area contributed by atoms with Gasteiger partial charge in [-0.05, 0) is 10.4 Å². The van der Waals surface area contributed by atoms with Gasteiger partial charge in [0.25, 0.3) is 0 Å². The third kappa shape index (κ3) is 3.24. The second-order valence-electron chi connectivity index (χ2n) is 2.96. The zero-order valence-electron chi connectivity index (χ0n) is 8.94. The number of thioether (sulfide) groups is 1. The van der Waals surface area contributed by atoms with E-state index in [1.807, 2.05) is 5.38 Å². The highest BCUT2D eigenvalue weighted by molar-refractivity contribution is 7.98. The Balaban J connectivity index is 1.96. The number of methoxy groups -OCH3 is 1. The minimum atomic E-state index is -0.382. The zero-order chi connectivity index (χ0) is 12.1. The molecule has 0 atom stereocenters. The van der Waals surface area contributed by atoms with Gasteiger partial charge >= 0.3 is 5.97 Å². The first-order valence-electron chi connectivity index (χ1n) is 4.62. The van der Waals surface area contributed by atoms with Gasteiger partial charge < -0.3 is 4.74 Å². The largest absolute Gasteiger partial charge is 0.468 e. The molecule has 0 aliphatic carbocycles. The smallest absolute Gasteiger partial charge is 0.327 e. The molecule has 9 heteroatoms. The van der Waals surface area contributed by atoms with Crippen LogP contribution < -0.4 is 0 Å². The molecule has 0 fully saturated rings. The van der Waals surface area contributed by atoms with Crippen molar-refractivity contribution in [1.29, 1.82) is 0 Å². The lowest BCUT2D eigenvalue weighted by Gasteiger charge is -2.01. The van der Waals surface area contributed by atoms with Crippen molar-refractivity contribution >= 4 is 29.1 Å². The van der Waals surface area contributed by atoms with Gasteiger partial charge in [0.05, 0.1) is 18.3 Å². The van der Waals surface area contributed by atoms with Crippen molar-refractivity contribution in [3.8, 4) is 0 Å². The summed E-state index contributed by atoms with van der Waals surface area (Å²) in [5, 5.41) is 13.6. The number of esters is 1. The van der Waals surface area contributed by atoms with Crippen LogP contribution in [-0.4, -0.2) is 38.3 Å². The summed E-state index contributed by atoms with van der Waals surface area (Å²) in [6.07, 6.45) is 0. The van der Waals surface area contributed by atoms with Crippen molar-refractivity contribution in [3.63, 3.8) is 0 Å². The molecule has 0 amide bonds. The molecular weight excluding hydrogens is 262 g/mol. The Hall–Kier alpha value is -1.48. The van der Waals surface area contributed by atoms with Crippen molar-refractivity contribution in [2.75, 3.05) is 7.11 Å². The lowest BCUT2D eigenvalue weighted by Crippen LogP contribution is -2.13. The van der Waals surface area contributed by atoms with E-state index in [0.29, 0.717) is 10.9 Å². The summed E-state index contributed by atoms with van der Waals surface area (Å²) >= 11 is 2.97. The van der Waals surface area contributed by atoms with Crippen LogP contribution in [0.4, 0.5) is 0 Å². The summed E-state index contributed by atoms with van der Waals surface area (Å²) in [4.78, 5) is 15.3. The van der Waals surface area contributed by atoms with E-state index >= 15 is 0 Å².